The molecular weight excluding hydrogens is 243 g/mol. The molecule has 0 bridgehead atoms. The fraction of sp³-hybridized carbons (Fsp3) is 0.300. The first-order valence-corrected chi connectivity index (χ1v) is 4.62. The zero-order valence-electron chi connectivity index (χ0n) is 8.99. The van der Waals surface area contributed by atoms with E-state index in [2.05, 4.69) is 4.99 Å². The van der Waals surface area contributed by atoms with Gasteiger partial charge in [0, 0.05) is 5.92 Å². The molecule has 1 aromatic carbocycles. The number of nitrogens with two attached hydrogens (primary N) is 1. The summed E-state index contributed by atoms with van der Waals surface area (Å²) in [5.74, 6) is -10.9. The molecule has 0 saturated heterocycles. The lowest BCUT2D eigenvalue weighted by atomic mass is 10.2. The maximum Gasteiger partial charge on any atom is 0.200 e. The van der Waals surface area contributed by atoms with Gasteiger partial charge in [0.25, 0.3) is 0 Å². The van der Waals surface area contributed by atoms with Gasteiger partial charge in [-0.1, -0.05) is 13.8 Å². The van der Waals surface area contributed by atoms with Crippen molar-refractivity contribution in [3.63, 3.8) is 0 Å². The average Bonchev–Trinajstić information content (AvgIpc) is 2.29. The first kappa shape index (κ1) is 13.4. The van der Waals surface area contributed by atoms with Crippen LogP contribution in [0.4, 0.5) is 27.6 Å². The highest BCUT2D eigenvalue weighted by molar-refractivity contribution is 5.84. The van der Waals surface area contributed by atoms with Crippen LogP contribution in [-0.4, -0.2) is 5.84 Å². The molecule has 0 spiro atoms. The van der Waals surface area contributed by atoms with Gasteiger partial charge >= 0.3 is 0 Å². The van der Waals surface area contributed by atoms with Crippen molar-refractivity contribution in [2.45, 2.75) is 13.8 Å². The maximum atomic E-state index is 13.1. The molecule has 0 aliphatic heterocycles. The van der Waals surface area contributed by atoms with Crippen LogP contribution in [0, 0.1) is 35.0 Å². The van der Waals surface area contributed by atoms with Gasteiger partial charge in [-0.3, -0.25) is 0 Å². The molecule has 7 heteroatoms. The van der Waals surface area contributed by atoms with Gasteiger partial charge in [-0.2, -0.15) is 0 Å². The topological polar surface area (TPSA) is 38.4 Å². The molecule has 0 aromatic heterocycles. The van der Waals surface area contributed by atoms with Crippen LogP contribution in [0.1, 0.15) is 13.8 Å². The standard InChI is InChI=1S/C10H9F5N2/c1-3(2)10(16)17-9-7(14)5(12)4(11)6(13)8(9)15/h3H,1-2H3,(H2,16,17). The third-order valence-electron chi connectivity index (χ3n) is 2.02. The molecular formula is C10H9F5N2. The molecule has 2 nitrogen and oxygen atoms in total. The minimum atomic E-state index is -2.22. The second-order valence-electron chi connectivity index (χ2n) is 3.61. The predicted molar refractivity (Wildman–Crippen MR) is 52.4 cm³/mol. The van der Waals surface area contributed by atoms with Crippen molar-refractivity contribution in [2.75, 3.05) is 0 Å². The minimum Gasteiger partial charge on any atom is -0.387 e. The van der Waals surface area contributed by atoms with Crippen LogP contribution in [0.15, 0.2) is 4.99 Å². The number of halogens is 5. The van der Waals surface area contributed by atoms with Crippen LogP contribution in [0.5, 0.6) is 0 Å². The van der Waals surface area contributed by atoms with E-state index in [0.29, 0.717) is 0 Å². The number of rotatable bonds is 2. The molecule has 0 amide bonds. The van der Waals surface area contributed by atoms with Crippen LogP contribution in [0.2, 0.25) is 0 Å². The zero-order valence-corrected chi connectivity index (χ0v) is 8.99. The van der Waals surface area contributed by atoms with Crippen molar-refractivity contribution >= 4 is 11.5 Å². The van der Waals surface area contributed by atoms with Crippen molar-refractivity contribution in [2.24, 2.45) is 16.6 Å². The number of amidine groups is 1. The molecule has 0 radical (unpaired) electrons. The fourth-order valence-electron chi connectivity index (χ4n) is 0.950. The first-order valence-electron chi connectivity index (χ1n) is 4.62. The van der Waals surface area contributed by atoms with Crippen LogP contribution in [0.3, 0.4) is 0 Å². The van der Waals surface area contributed by atoms with Gasteiger partial charge in [-0.15, -0.1) is 0 Å². The van der Waals surface area contributed by atoms with E-state index in [1.54, 1.807) is 13.8 Å². The molecule has 0 aliphatic carbocycles. The van der Waals surface area contributed by atoms with Crippen molar-refractivity contribution in [3.05, 3.63) is 29.1 Å². The third kappa shape index (κ3) is 2.37. The summed E-state index contributed by atoms with van der Waals surface area (Å²) in [6.07, 6.45) is 0. The van der Waals surface area contributed by atoms with E-state index >= 15 is 0 Å². The normalized spacial score (nSPS) is 12.4. The lowest BCUT2D eigenvalue weighted by Crippen LogP contribution is -2.18. The zero-order chi connectivity index (χ0) is 13.3. The second-order valence-corrected chi connectivity index (χ2v) is 3.61. The lowest BCUT2D eigenvalue weighted by molar-refractivity contribution is 0.381. The highest BCUT2D eigenvalue weighted by Crippen LogP contribution is 2.29. The summed E-state index contributed by atoms with van der Waals surface area (Å²) in [6, 6.07) is 0. The largest absolute Gasteiger partial charge is 0.387 e. The summed E-state index contributed by atoms with van der Waals surface area (Å²) in [6.45, 7) is 3.12. The van der Waals surface area contributed by atoms with Gasteiger partial charge < -0.3 is 5.73 Å². The maximum absolute atomic E-state index is 13.1. The fourth-order valence-corrected chi connectivity index (χ4v) is 0.950. The summed E-state index contributed by atoms with van der Waals surface area (Å²) in [7, 11) is 0. The molecule has 0 fully saturated rings. The highest BCUT2D eigenvalue weighted by Gasteiger charge is 2.25. The summed E-state index contributed by atoms with van der Waals surface area (Å²) in [5, 5.41) is 0. The van der Waals surface area contributed by atoms with Gasteiger partial charge in [-0.05, 0) is 0 Å². The Balaban J connectivity index is 3.50. The Bertz CT molecular complexity index is 453. The molecule has 0 saturated carbocycles. The third-order valence-corrected chi connectivity index (χ3v) is 2.02. The molecule has 1 aromatic rings. The van der Waals surface area contributed by atoms with Crippen molar-refractivity contribution in [1.29, 1.82) is 0 Å². The van der Waals surface area contributed by atoms with E-state index in [1.807, 2.05) is 0 Å². The molecule has 94 valence electrons. The van der Waals surface area contributed by atoms with Gasteiger partial charge in [0.2, 0.25) is 5.82 Å². The monoisotopic (exact) mass is 252 g/mol. The molecule has 17 heavy (non-hydrogen) atoms. The van der Waals surface area contributed by atoms with Crippen LogP contribution < -0.4 is 5.73 Å². The Hall–Kier alpha value is -1.66. The van der Waals surface area contributed by atoms with E-state index in [9.17, 15) is 22.0 Å². The van der Waals surface area contributed by atoms with Crippen molar-refractivity contribution in [1.82, 2.24) is 0 Å². The molecule has 0 unspecified atom stereocenters. The Kier molecular flexibility index (Phi) is 3.69. The van der Waals surface area contributed by atoms with Crippen LogP contribution in [0.25, 0.3) is 0 Å². The number of aliphatic imine (C=N–C) groups is 1. The first-order chi connectivity index (χ1) is 7.77. The second kappa shape index (κ2) is 4.68. The van der Waals surface area contributed by atoms with Gasteiger partial charge in [0.1, 0.15) is 11.5 Å². The lowest BCUT2D eigenvalue weighted by Gasteiger charge is -2.07. The van der Waals surface area contributed by atoms with E-state index in [0.717, 1.165) is 0 Å². The Morgan fingerprint density at radius 2 is 1.24 bits per heavy atom. The number of nitrogens with zero attached hydrogens (tertiary/aromatic N) is 1. The number of hydrogen-bond donors (Lipinski definition) is 1. The molecule has 0 aliphatic rings. The van der Waals surface area contributed by atoms with E-state index < -0.39 is 34.8 Å². The van der Waals surface area contributed by atoms with Gasteiger partial charge in [0.15, 0.2) is 23.3 Å². The van der Waals surface area contributed by atoms with E-state index in [-0.39, 0.29) is 11.8 Å². The molecule has 2 N–H and O–H groups in total. The van der Waals surface area contributed by atoms with E-state index in [1.165, 1.54) is 0 Å². The van der Waals surface area contributed by atoms with Crippen LogP contribution >= 0.6 is 0 Å². The summed E-state index contributed by atoms with van der Waals surface area (Å²) in [5.41, 5.74) is 4.03. The molecule has 0 heterocycles. The van der Waals surface area contributed by atoms with Crippen molar-refractivity contribution in [3.8, 4) is 0 Å². The average molecular weight is 252 g/mol. The summed E-state index contributed by atoms with van der Waals surface area (Å²) < 4.78 is 64.5. The Morgan fingerprint density at radius 3 is 1.59 bits per heavy atom. The van der Waals surface area contributed by atoms with Gasteiger partial charge in [0.05, 0.1) is 0 Å². The quantitative estimate of drug-likeness (QED) is 0.284. The summed E-state index contributed by atoms with van der Waals surface area (Å²) in [4.78, 5) is 3.22. The van der Waals surface area contributed by atoms with Crippen LogP contribution in [-0.2, 0) is 0 Å². The molecule has 0 atom stereocenters. The predicted octanol–water partition coefficient (Wildman–Crippen LogP) is 3.03. The molecule has 1 rings (SSSR count). The van der Waals surface area contributed by atoms with Crippen molar-refractivity contribution < 1.29 is 22.0 Å². The Labute approximate surface area is 94.0 Å². The number of hydrogen-bond acceptors (Lipinski definition) is 1. The SMILES string of the molecule is CC(C)C(N)=Nc1c(F)c(F)c(F)c(F)c1F. The Morgan fingerprint density at radius 1 is 0.882 bits per heavy atom. The van der Waals surface area contributed by atoms with E-state index in [4.69, 9.17) is 5.73 Å². The summed E-state index contributed by atoms with van der Waals surface area (Å²) >= 11 is 0. The minimum absolute atomic E-state index is 0.229. The smallest absolute Gasteiger partial charge is 0.200 e. The van der Waals surface area contributed by atoms with Gasteiger partial charge in [-0.25, -0.2) is 26.9 Å². The highest BCUT2D eigenvalue weighted by atomic mass is 19.2. The number of benzene rings is 1.